The molecule has 22 heavy (non-hydrogen) atoms. The number of carbonyl (C=O) groups is 2. The van der Waals surface area contributed by atoms with Crippen LogP contribution in [0.25, 0.3) is 0 Å². The first-order chi connectivity index (χ1) is 10.6. The second-order valence-electron chi connectivity index (χ2n) is 4.50. The molecule has 0 aliphatic rings. The van der Waals surface area contributed by atoms with E-state index in [0.29, 0.717) is 18.4 Å². The van der Waals surface area contributed by atoms with Crippen molar-refractivity contribution in [1.82, 2.24) is 0 Å². The van der Waals surface area contributed by atoms with E-state index in [1.54, 1.807) is 12.1 Å². The molecule has 2 aromatic rings. The fourth-order valence-corrected chi connectivity index (χ4v) is 1.73. The normalized spacial score (nSPS) is 11.0. The summed E-state index contributed by atoms with van der Waals surface area (Å²) in [5, 5.41) is 17.5. The Balaban J connectivity index is 2.00. The molecule has 2 N–H and O–H groups in total. The van der Waals surface area contributed by atoms with Crippen molar-refractivity contribution in [2.45, 2.75) is 6.61 Å². The molecule has 0 radical (unpaired) electrons. The summed E-state index contributed by atoms with van der Waals surface area (Å²) < 4.78 is 5.58. The molecule has 0 saturated carbocycles. The number of aliphatic carboxylic acids is 1. The summed E-state index contributed by atoms with van der Waals surface area (Å²) in [5.41, 5.74) is 1.29. The first-order valence-electron chi connectivity index (χ1n) is 6.51. The van der Waals surface area contributed by atoms with Crippen molar-refractivity contribution in [3.63, 3.8) is 0 Å². The Morgan fingerprint density at radius 2 is 1.59 bits per heavy atom. The highest BCUT2D eigenvalue weighted by atomic mass is 16.5. The molecule has 0 spiro atoms. The summed E-state index contributed by atoms with van der Waals surface area (Å²) in [6.45, 7) is 0.411. The summed E-state index contributed by atoms with van der Waals surface area (Å²) in [6, 6.07) is 15.9. The summed E-state index contributed by atoms with van der Waals surface area (Å²) in [5.74, 6) is -2.54. The average Bonchev–Trinajstić information content (AvgIpc) is 2.54. The molecule has 0 aromatic heterocycles. The fraction of sp³-hybridized carbons (Fsp3) is 0.0588. The predicted octanol–water partition coefficient (Wildman–Crippen LogP) is 2.97. The van der Waals surface area contributed by atoms with Crippen LogP contribution in [0.4, 0.5) is 0 Å². The van der Waals surface area contributed by atoms with E-state index in [1.807, 2.05) is 30.3 Å². The SMILES string of the molecule is O=C(O)/C(O)=C/C(=O)c1ccc(OCc2ccccc2)cc1. The molecule has 0 saturated heterocycles. The first kappa shape index (κ1) is 15.3. The molecule has 5 nitrogen and oxygen atoms in total. The number of aliphatic hydroxyl groups is 1. The number of carboxylic acids is 1. The van der Waals surface area contributed by atoms with Crippen LogP contribution in [0.2, 0.25) is 0 Å². The zero-order valence-electron chi connectivity index (χ0n) is 11.6. The highest BCUT2D eigenvalue weighted by Gasteiger charge is 2.09. The molecule has 0 heterocycles. The predicted molar refractivity (Wildman–Crippen MR) is 79.9 cm³/mol. The van der Waals surface area contributed by atoms with Gasteiger partial charge in [0.2, 0.25) is 5.76 Å². The molecule has 0 unspecified atom stereocenters. The number of carboxylic acid groups (broad SMARTS) is 1. The Morgan fingerprint density at radius 1 is 0.955 bits per heavy atom. The fourth-order valence-electron chi connectivity index (χ4n) is 1.73. The van der Waals surface area contributed by atoms with E-state index < -0.39 is 17.5 Å². The van der Waals surface area contributed by atoms with Gasteiger partial charge in [-0.25, -0.2) is 4.79 Å². The summed E-state index contributed by atoms with van der Waals surface area (Å²) in [6.07, 6.45) is 0.669. The number of ketones is 1. The lowest BCUT2D eigenvalue weighted by Gasteiger charge is -2.06. The van der Waals surface area contributed by atoms with Gasteiger partial charge in [-0.05, 0) is 29.8 Å². The standard InChI is InChI=1S/C17H14O5/c18-15(10-16(19)17(20)21)13-6-8-14(9-7-13)22-11-12-4-2-1-3-5-12/h1-10,19H,11H2,(H,20,21)/b16-10-. The molecule has 0 bridgehead atoms. The maximum absolute atomic E-state index is 11.7. The van der Waals surface area contributed by atoms with E-state index >= 15 is 0 Å². The van der Waals surface area contributed by atoms with Crippen LogP contribution in [0.5, 0.6) is 5.75 Å². The van der Waals surface area contributed by atoms with Gasteiger partial charge in [0.1, 0.15) is 12.4 Å². The zero-order chi connectivity index (χ0) is 15.9. The second kappa shape index (κ2) is 7.08. The molecule has 2 aromatic carbocycles. The van der Waals surface area contributed by atoms with Gasteiger partial charge in [0.15, 0.2) is 5.78 Å². The van der Waals surface area contributed by atoms with E-state index in [9.17, 15) is 9.59 Å². The van der Waals surface area contributed by atoms with Crippen molar-refractivity contribution in [2.24, 2.45) is 0 Å². The van der Waals surface area contributed by atoms with Gasteiger partial charge >= 0.3 is 5.97 Å². The van der Waals surface area contributed by atoms with Gasteiger partial charge in [0.25, 0.3) is 0 Å². The quantitative estimate of drug-likeness (QED) is 0.486. The molecule has 5 heteroatoms. The van der Waals surface area contributed by atoms with Crippen LogP contribution in [0, 0.1) is 0 Å². The van der Waals surface area contributed by atoms with Gasteiger partial charge in [-0.1, -0.05) is 30.3 Å². The number of aliphatic hydroxyl groups excluding tert-OH is 1. The monoisotopic (exact) mass is 298 g/mol. The van der Waals surface area contributed by atoms with Crippen LogP contribution in [0.1, 0.15) is 15.9 Å². The summed E-state index contributed by atoms with van der Waals surface area (Å²) >= 11 is 0. The molecule has 112 valence electrons. The molecular weight excluding hydrogens is 284 g/mol. The second-order valence-corrected chi connectivity index (χ2v) is 4.50. The number of ether oxygens (including phenoxy) is 1. The van der Waals surface area contributed by atoms with Gasteiger partial charge in [0, 0.05) is 11.6 Å². The van der Waals surface area contributed by atoms with Crippen LogP contribution >= 0.6 is 0 Å². The van der Waals surface area contributed by atoms with Gasteiger partial charge in [0.05, 0.1) is 0 Å². The van der Waals surface area contributed by atoms with E-state index in [-0.39, 0.29) is 5.56 Å². The van der Waals surface area contributed by atoms with Crippen LogP contribution in [-0.4, -0.2) is 22.0 Å². The van der Waals surface area contributed by atoms with Crippen molar-refractivity contribution in [3.8, 4) is 5.75 Å². The van der Waals surface area contributed by atoms with Crippen molar-refractivity contribution < 1.29 is 24.5 Å². The Kier molecular flexibility index (Phi) is 4.93. The number of rotatable bonds is 6. The third-order valence-electron chi connectivity index (χ3n) is 2.87. The van der Waals surface area contributed by atoms with Crippen LogP contribution in [0.15, 0.2) is 66.4 Å². The highest BCUT2D eigenvalue weighted by molar-refractivity contribution is 6.07. The molecule has 0 fully saturated rings. The number of hydrogen-bond donors (Lipinski definition) is 2. The van der Waals surface area contributed by atoms with Crippen molar-refractivity contribution in [2.75, 3.05) is 0 Å². The zero-order valence-corrected chi connectivity index (χ0v) is 11.6. The lowest BCUT2D eigenvalue weighted by atomic mass is 10.1. The molecule has 2 rings (SSSR count). The van der Waals surface area contributed by atoms with Gasteiger partial charge in [-0.2, -0.15) is 0 Å². The molecule has 0 aliphatic heterocycles. The van der Waals surface area contributed by atoms with Crippen molar-refractivity contribution in [3.05, 3.63) is 77.6 Å². The summed E-state index contributed by atoms with van der Waals surface area (Å²) in [4.78, 5) is 22.2. The molecule has 0 atom stereocenters. The Morgan fingerprint density at radius 3 is 2.18 bits per heavy atom. The summed E-state index contributed by atoms with van der Waals surface area (Å²) in [7, 11) is 0. The van der Waals surface area contributed by atoms with Gasteiger partial charge < -0.3 is 14.9 Å². The van der Waals surface area contributed by atoms with Crippen LogP contribution in [-0.2, 0) is 11.4 Å². The third kappa shape index (κ3) is 4.21. The lowest BCUT2D eigenvalue weighted by molar-refractivity contribution is -0.135. The van der Waals surface area contributed by atoms with E-state index in [2.05, 4.69) is 0 Å². The minimum absolute atomic E-state index is 0.264. The van der Waals surface area contributed by atoms with E-state index in [0.717, 1.165) is 5.56 Å². The number of hydrogen-bond acceptors (Lipinski definition) is 4. The number of benzene rings is 2. The van der Waals surface area contributed by atoms with Crippen molar-refractivity contribution in [1.29, 1.82) is 0 Å². The number of allylic oxidation sites excluding steroid dienone is 1. The smallest absolute Gasteiger partial charge is 0.371 e. The lowest BCUT2D eigenvalue weighted by Crippen LogP contribution is -2.04. The number of carbonyl (C=O) groups excluding carboxylic acids is 1. The Hall–Kier alpha value is -3.08. The molecular formula is C17H14O5. The van der Waals surface area contributed by atoms with Gasteiger partial charge in [-0.3, -0.25) is 4.79 Å². The Bertz CT molecular complexity index is 687. The first-order valence-corrected chi connectivity index (χ1v) is 6.51. The largest absolute Gasteiger partial charge is 0.502 e. The highest BCUT2D eigenvalue weighted by Crippen LogP contribution is 2.15. The molecule has 0 aliphatic carbocycles. The third-order valence-corrected chi connectivity index (χ3v) is 2.87. The maximum atomic E-state index is 11.7. The van der Waals surface area contributed by atoms with Crippen LogP contribution in [0.3, 0.4) is 0 Å². The van der Waals surface area contributed by atoms with E-state index in [1.165, 1.54) is 12.1 Å². The average molecular weight is 298 g/mol. The minimum atomic E-state index is -1.55. The van der Waals surface area contributed by atoms with Gasteiger partial charge in [-0.15, -0.1) is 0 Å². The van der Waals surface area contributed by atoms with E-state index in [4.69, 9.17) is 14.9 Å². The van der Waals surface area contributed by atoms with Crippen LogP contribution < -0.4 is 4.74 Å². The molecule has 0 amide bonds. The maximum Gasteiger partial charge on any atom is 0.371 e. The Labute approximate surface area is 127 Å². The van der Waals surface area contributed by atoms with Crippen molar-refractivity contribution >= 4 is 11.8 Å². The minimum Gasteiger partial charge on any atom is -0.502 e. The topological polar surface area (TPSA) is 83.8 Å².